The molecule has 0 aromatic heterocycles. The molecule has 0 atom stereocenters. The van der Waals surface area contributed by atoms with Gasteiger partial charge in [0.15, 0.2) is 0 Å². The molecule has 1 fully saturated rings. The molecule has 0 unspecified atom stereocenters. The Balaban J connectivity index is 1.74. The summed E-state index contributed by atoms with van der Waals surface area (Å²) in [6.07, 6.45) is 1.84. The minimum atomic E-state index is -0.236. The van der Waals surface area contributed by atoms with Gasteiger partial charge in [0.2, 0.25) is 5.91 Å². The number of carbonyl (C=O) groups excluding carboxylic acids is 2. The van der Waals surface area contributed by atoms with Gasteiger partial charge in [0, 0.05) is 38.6 Å². The smallest absolute Gasteiger partial charge is 0.319 e. The number of urea groups is 1. The second-order valence-electron chi connectivity index (χ2n) is 6.35. The molecule has 0 saturated carbocycles. The average Bonchev–Trinajstić information content (AvgIpc) is 2.64. The lowest BCUT2D eigenvalue weighted by atomic mass is 9.96. The van der Waals surface area contributed by atoms with E-state index in [0.717, 1.165) is 0 Å². The molecule has 0 spiro atoms. The number of amides is 3. The lowest BCUT2D eigenvalue weighted by molar-refractivity contribution is -0.126. The van der Waals surface area contributed by atoms with Crippen LogP contribution in [-0.2, 0) is 11.2 Å². The van der Waals surface area contributed by atoms with Gasteiger partial charge in [0.05, 0.1) is 0 Å². The van der Waals surface area contributed by atoms with Crippen molar-refractivity contribution < 1.29 is 14.0 Å². The summed E-state index contributed by atoms with van der Waals surface area (Å²) in [7, 11) is 0. The monoisotopic (exact) mass is 349 g/mol. The number of rotatable bonds is 6. The normalized spacial score (nSPS) is 15.1. The molecule has 6 heteroatoms. The lowest BCUT2D eigenvalue weighted by Gasteiger charge is -2.34. The first kappa shape index (κ1) is 19.2. The molecular weight excluding hydrogens is 321 g/mol. The van der Waals surface area contributed by atoms with Gasteiger partial charge >= 0.3 is 6.03 Å². The summed E-state index contributed by atoms with van der Waals surface area (Å²) in [5.41, 5.74) is 0.613. The van der Waals surface area contributed by atoms with Crippen molar-refractivity contribution in [3.05, 3.63) is 35.6 Å². The van der Waals surface area contributed by atoms with Crippen LogP contribution in [0.3, 0.4) is 0 Å². The molecule has 1 heterocycles. The number of benzene rings is 1. The highest BCUT2D eigenvalue weighted by atomic mass is 19.1. The zero-order chi connectivity index (χ0) is 18.2. The van der Waals surface area contributed by atoms with Gasteiger partial charge in [-0.25, -0.2) is 9.18 Å². The molecular formula is C19H28FN3O2. The zero-order valence-electron chi connectivity index (χ0n) is 15.1. The van der Waals surface area contributed by atoms with Gasteiger partial charge in [-0.15, -0.1) is 0 Å². The fraction of sp³-hybridized carbons (Fsp3) is 0.579. The minimum Gasteiger partial charge on any atom is -0.356 e. The van der Waals surface area contributed by atoms with Gasteiger partial charge in [0.25, 0.3) is 0 Å². The zero-order valence-corrected chi connectivity index (χ0v) is 15.1. The minimum absolute atomic E-state index is 0.00581. The van der Waals surface area contributed by atoms with Crippen LogP contribution in [0.4, 0.5) is 9.18 Å². The van der Waals surface area contributed by atoms with Crippen LogP contribution in [0.25, 0.3) is 0 Å². The second-order valence-corrected chi connectivity index (χ2v) is 6.35. The molecule has 25 heavy (non-hydrogen) atoms. The second kappa shape index (κ2) is 9.39. The molecule has 1 saturated heterocycles. The number of nitrogens with zero attached hydrogens (tertiary/aromatic N) is 2. The Hall–Kier alpha value is -2.11. The highest BCUT2D eigenvalue weighted by molar-refractivity contribution is 5.79. The highest BCUT2D eigenvalue weighted by Gasteiger charge is 2.28. The summed E-state index contributed by atoms with van der Waals surface area (Å²) < 4.78 is 13.6. The number of hydrogen-bond acceptors (Lipinski definition) is 2. The number of nitrogens with one attached hydrogen (secondary N) is 1. The van der Waals surface area contributed by atoms with E-state index >= 15 is 0 Å². The van der Waals surface area contributed by atoms with Gasteiger partial charge in [-0.3, -0.25) is 4.79 Å². The van der Waals surface area contributed by atoms with Crippen molar-refractivity contribution >= 4 is 11.9 Å². The Bertz CT molecular complexity index is 582. The summed E-state index contributed by atoms with van der Waals surface area (Å²) in [6, 6.07) is 6.68. The molecule has 1 aromatic rings. The standard InChI is InChI=1S/C19H28FN3O2/c1-3-22(4-2)19(25)23-13-10-16(11-14-23)18(24)21-12-9-15-7-5-6-8-17(15)20/h5-8,16H,3-4,9-14H2,1-2H3,(H,21,24). The first-order chi connectivity index (χ1) is 12.1. The van der Waals surface area contributed by atoms with E-state index in [9.17, 15) is 14.0 Å². The molecule has 1 aromatic carbocycles. The summed E-state index contributed by atoms with van der Waals surface area (Å²) in [5.74, 6) is -0.298. The topological polar surface area (TPSA) is 52.7 Å². The van der Waals surface area contributed by atoms with Gasteiger partial charge in [-0.1, -0.05) is 18.2 Å². The quantitative estimate of drug-likeness (QED) is 0.858. The van der Waals surface area contributed by atoms with Crippen LogP contribution in [0.5, 0.6) is 0 Å². The van der Waals surface area contributed by atoms with E-state index in [1.807, 2.05) is 18.7 Å². The molecule has 3 amide bonds. The van der Waals surface area contributed by atoms with Crippen molar-refractivity contribution in [1.29, 1.82) is 0 Å². The molecule has 1 N–H and O–H groups in total. The van der Waals surface area contributed by atoms with E-state index in [-0.39, 0.29) is 23.7 Å². The maximum atomic E-state index is 13.6. The fourth-order valence-electron chi connectivity index (χ4n) is 3.19. The van der Waals surface area contributed by atoms with E-state index in [1.54, 1.807) is 23.1 Å². The Morgan fingerprint density at radius 3 is 2.44 bits per heavy atom. The van der Waals surface area contributed by atoms with Gasteiger partial charge < -0.3 is 15.1 Å². The molecule has 1 aliphatic rings. The number of piperidine rings is 1. The number of hydrogen-bond donors (Lipinski definition) is 1. The van der Waals surface area contributed by atoms with Gasteiger partial charge in [-0.05, 0) is 44.7 Å². The number of halogens is 1. The van der Waals surface area contributed by atoms with Crippen LogP contribution in [-0.4, -0.2) is 54.5 Å². The van der Waals surface area contributed by atoms with Crippen LogP contribution in [0.2, 0.25) is 0 Å². The van der Waals surface area contributed by atoms with Crippen LogP contribution < -0.4 is 5.32 Å². The Morgan fingerprint density at radius 2 is 1.84 bits per heavy atom. The Kier molecular flexibility index (Phi) is 7.22. The fourth-order valence-corrected chi connectivity index (χ4v) is 3.19. The summed E-state index contributed by atoms with van der Waals surface area (Å²) in [4.78, 5) is 28.2. The first-order valence-corrected chi connectivity index (χ1v) is 9.11. The van der Waals surface area contributed by atoms with Crippen molar-refractivity contribution in [3.63, 3.8) is 0 Å². The number of carbonyl (C=O) groups is 2. The van der Waals surface area contributed by atoms with E-state index < -0.39 is 0 Å². The average molecular weight is 349 g/mol. The predicted molar refractivity (Wildman–Crippen MR) is 95.7 cm³/mol. The number of likely N-dealkylation sites (tertiary alicyclic amines) is 1. The van der Waals surface area contributed by atoms with Crippen molar-refractivity contribution in [2.45, 2.75) is 33.1 Å². The van der Waals surface area contributed by atoms with Crippen LogP contribution in [0, 0.1) is 11.7 Å². The lowest BCUT2D eigenvalue weighted by Crippen LogP contribution is -2.48. The van der Waals surface area contributed by atoms with Gasteiger partial charge in [-0.2, -0.15) is 0 Å². The Morgan fingerprint density at radius 1 is 1.20 bits per heavy atom. The summed E-state index contributed by atoms with van der Waals surface area (Å²) in [6.45, 7) is 6.99. The third-order valence-corrected chi connectivity index (χ3v) is 4.82. The third kappa shape index (κ3) is 5.18. The molecule has 0 radical (unpaired) electrons. The first-order valence-electron chi connectivity index (χ1n) is 9.11. The van der Waals surface area contributed by atoms with Crippen molar-refractivity contribution in [3.8, 4) is 0 Å². The van der Waals surface area contributed by atoms with Gasteiger partial charge in [0.1, 0.15) is 5.82 Å². The maximum absolute atomic E-state index is 13.6. The molecule has 0 bridgehead atoms. The third-order valence-electron chi connectivity index (χ3n) is 4.82. The largest absolute Gasteiger partial charge is 0.356 e. The molecule has 1 aliphatic heterocycles. The van der Waals surface area contributed by atoms with Crippen LogP contribution >= 0.6 is 0 Å². The van der Waals surface area contributed by atoms with Crippen molar-refractivity contribution in [1.82, 2.24) is 15.1 Å². The maximum Gasteiger partial charge on any atom is 0.319 e. The molecule has 5 nitrogen and oxygen atoms in total. The predicted octanol–water partition coefficient (Wildman–Crippen LogP) is 2.66. The van der Waals surface area contributed by atoms with Crippen LogP contribution in [0.1, 0.15) is 32.3 Å². The van der Waals surface area contributed by atoms with E-state index in [4.69, 9.17) is 0 Å². The molecule has 2 rings (SSSR count). The Labute approximate surface area is 149 Å². The van der Waals surface area contributed by atoms with Crippen LogP contribution in [0.15, 0.2) is 24.3 Å². The molecule has 138 valence electrons. The summed E-state index contributed by atoms with van der Waals surface area (Å²) >= 11 is 0. The van der Waals surface area contributed by atoms with Crippen molar-refractivity contribution in [2.75, 3.05) is 32.7 Å². The van der Waals surface area contributed by atoms with E-state index in [2.05, 4.69) is 5.32 Å². The van der Waals surface area contributed by atoms with E-state index in [0.29, 0.717) is 57.5 Å². The highest BCUT2D eigenvalue weighted by Crippen LogP contribution is 2.18. The van der Waals surface area contributed by atoms with Crippen molar-refractivity contribution in [2.24, 2.45) is 5.92 Å². The van der Waals surface area contributed by atoms with E-state index in [1.165, 1.54) is 6.07 Å². The molecule has 0 aliphatic carbocycles. The summed E-state index contributed by atoms with van der Waals surface area (Å²) in [5, 5.41) is 2.90. The SMILES string of the molecule is CCN(CC)C(=O)N1CCC(C(=O)NCCc2ccccc2F)CC1.